The molecule has 8 nitrogen and oxygen atoms in total. The topological polar surface area (TPSA) is 83.4 Å². The first kappa shape index (κ1) is 21.5. The molecule has 0 saturated carbocycles. The Bertz CT molecular complexity index is 875. The van der Waals surface area contributed by atoms with E-state index in [9.17, 15) is 9.59 Å². The minimum absolute atomic E-state index is 0.0241. The maximum atomic E-state index is 12.8. The number of hydrogen-bond donors (Lipinski definition) is 1. The number of aryl methyl sites for hydroxylation is 1. The minimum Gasteiger partial charge on any atom is -0.350 e. The van der Waals surface area contributed by atoms with Gasteiger partial charge in [0.15, 0.2) is 0 Å². The van der Waals surface area contributed by atoms with Gasteiger partial charge in [-0.3, -0.25) is 24.2 Å². The Hall–Kier alpha value is -2.74. The van der Waals surface area contributed by atoms with Crippen LogP contribution in [0.15, 0.2) is 36.7 Å². The average Bonchev–Trinajstić information content (AvgIpc) is 3.32. The van der Waals surface area contributed by atoms with Gasteiger partial charge in [-0.2, -0.15) is 5.10 Å². The zero-order chi connectivity index (χ0) is 21.6. The van der Waals surface area contributed by atoms with Crippen LogP contribution in [0.4, 0.5) is 0 Å². The van der Waals surface area contributed by atoms with Crippen molar-refractivity contribution in [2.45, 2.75) is 51.7 Å². The zero-order valence-electron chi connectivity index (χ0n) is 18.2. The first-order chi connectivity index (χ1) is 15.2. The van der Waals surface area contributed by atoms with Crippen molar-refractivity contribution in [2.75, 3.05) is 26.2 Å². The first-order valence-electron chi connectivity index (χ1n) is 11.4. The Morgan fingerprint density at radius 3 is 2.68 bits per heavy atom. The van der Waals surface area contributed by atoms with Crippen LogP contribution in [-0.2, 0) is 17.9 Å². The third-order valence-corrected chi connectivity index (χ3v) is 6.50. The molecule has 2 amide bonds. The molecule has 4 heterocycles. The predicted octanol–water partition coefficient (Wildman–Crippen LogP) is 1.93. The summed E-state index contributed by atoms with van der Waals surface area (Å²) in [5.41, 5.74) is 1.55. The minimum atomic E-state index is 0.0241. The molecule has 0 bridgehead atoms. The molecule has 0 aliphatic carbocycles. The van der Waals surface area contributed by atoms with E-state index < -0.39 is 0 Å². The number of carbonyl (C=O) groups excluding carboxylic acids is 2. The van der Waals surface area contributed by atoms with Crippen LogP contribution in [0.5, 0.6) is 0 Å². The summed E-state index contributed by atoms with van der Waals surface area (Å²) in [5, 5.41) is 7.27. The molecule has 31 heavy (non-hydrogen) atoms. The summed E-state index contributed by atoms with van der Waals surface area (Å²) in [6.45, 7) is 6.51. The molecule has 2 aliphatic heterocycles. The van der Waals surface area contributed by atoms with Crippen molar-refractivity contribution < 1.29 is 9.59 Å². The number of nitrogens with zero attached hydrogens (tertiary/aromatic N) is 5. The molecule has 8 heteroatoms. The Labute approximate surface area is 183 Å². The molecule has 2 aromatic rings. The molecule has 166 valence electrons. The number of nitrogens with one attached hydrogen (secondary N) is 1. The van der Waals surface area contributed by atoms with Crippen LogP contribution in [0, 0.1) is 5.92 Å². The van der Waals surface area contributed by atoms with Gasteiger partial charge in [-0.05, 0) is 57.4 Å². The van der Waals surface area contributed by atoms with Crippen molar-refractivity contribution in [2.24, 2.45) is 5.92 Å². The zero-order valence-corrected chi connectivity index (χ0v) is 18.2. The second-order valence-corrected chi connectivity index (χ2v) is 8.43. The van der Waals surface area contributed by atoms with Crippen molar-refractivity contribution in [1.82, 2.24) is 29.9 Å². The molecule has 2 aromatic heterocycles. The van der Waals surface area contributed by atoms with Crippen LogP contribution in [0.25, 0.3) is 0 Å². The smallest absolute Gasteiger partial charge is 0.272 e. The highest BCUT2D eigenvalue weighted by atomic mass is 16.2. The van der Waals surface area contributed by atoms with E-state index in [1.807, 2.05) is 30.0 Å². The second-order valence-electron chi connectivity index (χ2n) is 8.43. The standard InChI is InChI=1S/C23H32N6O2/c1-2-29-21(8-12-26-29)23(31)27-14-9-20(10-15-27)28-13-5-6-18(17-28)22(30)25-16-19-7-3-4-11-24-19/h3-4,7-8,11-12,18,20H,2,5-6,9-10,13-17H2,1H3,(H,25,30)/t18-/m1/s1. The van der Waals surface area contributed by atoms with Gasteiger partial charge < -0.3 is 10.2 Å². The molecular weight excluding hydrogens is 392 g/mol. The van der Waals surface area contributed by atoms with E-state index in [1.54, 1.807) is 23.1 Å². The highest BCUT2D eigenvalue weighted by molar-refractivity contribution is 5.92. The molecule has 0 aromatic carbocycles. The van der Waals surface area contributed by atoms with Gasteiger partial charge in [-0.15, -0.1) is 0 Å². The fourth-order valence-corrected chi connectivity index (χ4v) is 4.74. The summed E-state index contributed by atoms with van der Waals surface area (Å²) in [7, 11) is 0. The lowest BCUT2D eigenvalue weighted by atomic mass is 9.93. The molecule has 0 unspecified atom stereocenters. The number of piperidine rings is 2. The lowest BCUT2D eigenvalue weighted by Gasteiger charge is -2.42. The number of rotatable bonds is 6. The van der Waals surface area contributed by atoms with Crippen molar-refractivity contribution in [3.63, 3.8) is 0 Å². The quantitative estimate of drug-likeness (QED) is 0.766. The fourth-order valence-electron chi connectivity index (χ4n) is 4.74. The Morgan fingerprint density at radius 1 is 1.10 bits per heavy atom. The van der Waals surface area contributed by atoms with Gasteiger partial charge in [0.2, 0.25) is 5.91 Å². The summed E-state index contributed by atoms with van der Waals surface area (Å²) in [5.74, 6) is 0.218. The third-order valence-electron chi connectivity index (χ3n) is 6.50. The predicted molar refractivity (Wildman–Crippen MR) is 117 cm³/mol. The van der Waals surface area contributed by atoms with Gasteiger partial charge >= 0.3 is 0 Å². The summed E-state index contributed by atoms with van der Waals surface area (Å²) in [6, 6.07) is 7.98. The van der Waals surface area contributed by atoms with Crippen molar-refractivity contribution >= 4 is 11.8 Å². The molecular formula is C23H32N6O2. The van der Waals surface area contributed by atoms with E-state index in [0.29, 0.717) is 24.8 Å². The number of pyridine rings is 1. The molecule has 1 atom stereocenters. The first-order valence-corrected chi connectivity index (χ1v) is 11.4. The maximum Gasteiger partial charge on any atom is 0.272 e. The van der Waals surface area contributed by atoms with Crippen molar-refractivity contribution in [1.29, 1.82) is 0 Å². The van der Waals surface area contributed by atoms with Crippen LogP contribution >= 0.6 is 0 Å². The van der Waals surface area contributed by atoms with Crippen molar-refractivity contribution in [3.8, 4) is 0 Å². The lowest BCUT2D eigenvalue weighted by Crippen LogP contribution is -2.51. The number of carbonyl (C=O) groups is 2. The van der Waals surface area contributed by atoms with Crippen LogP contribution in [0.2, 0.25) is 0 Å². The van der Waals surface area contributed by atoms with Crippen LogP contribution in [0.3, 0.4) is 0 Å². The fraction of sp³-hybridized carbons (Fsp3) is 0.565. The van der Waals surface area contributed by atoms with Gasteiger partial charge in [0.1, 0.15) is 5.69 Å². The van der Waals surface area contributed by atoms with Gasteiger partial charge in [0.25, 0.3) is 5.91 Å². The second kappa shape index (κ2) is 10.0. The largest absolute Gasteiger partial charge is 0.350 e. The number of hydrogen-bond acceptors (Lipinski definition) is 5. The summed E-state index contributed by atoms with van der Waals surface area (Å²) in [4.78, 5) is 34.2. The third kappa shape index (κ3) is 5.12. The molecule has 2 saturated heterocycles. The van der Waals surface area contributed by atoms with E-state index in [1.165, 1.54) is 0 Å². The van der Waals surface area contributed by atoms with Crippen LogP contribution in [-0.4, -0.2) is 68.6 Å². The van der Waals surface area contributed by atoms with Crippen LogP contribution < -0.4 is 5.32 Å². The van der Waals surface area contributed by atoms with Crippen molar-refractivity contribution in [3.05, 3.63) is 48.0 Å². The SMILES string of the molecule is CCn1nccc1C(=O)N1CCC(N2CCC[C@@H](C(=O)NCc3ccccn3)C2)CC1. The lowest BCUT2D eigenvalue weighted by molar-refractivity contribution is -0.127. The number of aromatic nitrogens is 3. The highest BCUT2D eigenvalue weighted by Crippen LogP contribution is 2.25. The van der Waals surface area contributed by atoms with Crippen LogP contribution in [0.1, 0.15) is 48.8 Å². The van der Waals surface area contributed by atoms with Gasteiger partial charge in [-0.25, -0.2) is 0 Å². The van der Waals surface area contributed by atoms with E-state index in [-0.39, 0.29) is 17.7 Å². The normalized spacial score (nSPS) is 20.5. The number of amides is 2. The van der Waals surface area contributed by atoms with Gasteiger partial charge in [0.05, 0.1) is 18.2 Å². The molecule has 4 rings (SSSR count). The monoisotopic (exact) mass is 424 g/mol. The van der Waals surface area contributed by atoms with E-state index in [2.05, 4.69) is 20.3 Å². The van der Waals surface area contributed by atoms with E-state index >= 15 is 0 Å². The van der Waals surface area contributed by atoms with Gasteiger partial charge in [0, 0.05) is 44.6 Å². The Balaban J connectivity index is 1.26. The summed E-state index contributed by atoms with van der Waals surface area (Å²) < 4.78 is 1.76. The molecule has 2 aliphatic rings. The summed E-state index contributed by atoms with van der Waals surface area (Å²) in [6.07, 6.45) is 7.31. The Kier molecular flexibility index (Phi) is 6.96. The van der Waals surface area contributed by atoms with E-state index in [4.69, 9.17) is 0 Å². The molecule has 2 fully saturated rings. The molecule has 1 N–H and O–H groups in total. The average molecular weight is 425 g/mol. The maximum absolute atomic E-state index is 12.8. The molecule has 0 radical (unpaired) electrons. The Morgan fingerprint density at radius 2 is 1.94 bits per heavy atom. The number of likely N-dealkylation sites (tertiary alicyclic amines) is 2. The molecule has 0 spiro atoms. The van der Waals surface area contributed by atoms with Gasteiger partial charge in [-0.1, -0.05) is 6.07 Å². The van der Waals surface area contributed by atoms with E-state index in [0.717, 1.165) is 57.6 Å². The summed E-state index contributed by atoms with van der Waals surface area (Å²) >= 11 is 0. The highest BCUT2D eigenvalue weighted by Gasteiger charge is 2.33.